The van der Waals surface area contributed by atoms with Crippen LogP contribution in [-0.4, -0.2) is 30.4 Å². The van der Waals surface area contributed by atoms with Crippen molar-refractivity contribution in [1.29, 1.82) is 0 Å². The molecule has 0 spiro atoms. The van der Waals surface area contributed by atoms with E-state index >= 15 is 0 Å². The van der Waals surface area contributed by atoms with E-state index in [4.69, 9.17) is 4.42 Å². The van der Waals surface area contributed by atoms with Gasteiger partial charge in [0.2, 0.25) is 0 Å². The molecule has 0 bridgehead atoms. The molecule has 0 fully saturated rings. The van der Waals surface area contributed by atoms with Crippen LogP contribution >= 0.6 is 0 Å². The third-order valence-corrected chi connectivity index (χ3v) is 5.00. The molecule has 1 aliphatic rings. The molecule has 27 heavy (non-hydrogen) atoms. The van der Waals surface area contributed by atoms with E-state index in [2.05, 4.69) is 34.5 Å². The van der Waals surface area contributed by atoms with E-state index in [9.17, 15) is 9.59 Å². The SMILES string of the molecule is O=C(NCCCN1CCc2ccccc2C1)c1cc(=O)c2ccccc2o1. The molecule has 3 aromatic rings. The monoisotopic (exact) mass is 362 g/mol. The predicted octanol–water partition coefficient (Wildman–Crippen LogP) is 2.97. The van der Waals surface area contributed by atoms with Crippen LogP contribution in [-0.2, 0) is 13.0 Å². The normalized spacial score (nSPS) is 14.1. The standard InChI is InChI=1S/C22H22N2O3/c25-19-14-21(27-20-9-4-3-8-18(19)20)22(26)23-11-5-12-24-13-10-16-6-1-2-7-17(16)15-24/h1-4,6-9,14H,5,10-13,15H2,(H,23,26). The van der Waals surface area contributed by atoms with Crippen LogP contribution in [0, 0.1) is 0 Å². The number of fused-ring (bicyclic) bond motifs is 2. The van der Waals surface area contributed by atoms with Gasteiger partial charge in [0.05, 0.1) is 5.39 Å². The number of nitrogens with one attached hydrogen (secondary N) is 1. The van der Waals surface area contributed by atoms with Crippen LogP contribution < -0.4 is 10.7 Å². The summed E-state index contributed by atoms with van der Waals surface area (Å²) in [5.74, 6) is -0.285. The summed E-state index contributed by atoms with van der Waals surface area (Å²) in [5.41, 5.74) is 3.07. The molecule has 0 atom stereocenters. The summed E-state index contributed by atoms with van der Waals surface area (Å²) in [6, 6.07) is 16.8. The number of para-hydroxylation sites is 1. The molecule has 5 nitrogen and oxygen atoms in total. The molecule has 2 aromatic carbocycles. The van der Waals surface area contributed by atoms with Crippen LogP contribution in [0.1, 0.15) is 28.1 Å². The quantitative estimate of drug-likeness (QED) is 0.709. The first-order valence-corrected chi connectivity index (χ1v) is 9.31. The Bertz CT molecular complexity index is 1030. The molecule has 0 saturated carbocycles. The average molecular weight is 362 g/mol. The molecule has 0 saturated heterocycles. The maximum atomic E-state index is 12.3. The zero-order chi connectivity index (χ0) is 18.6. The van der Waals surface area contributed by atoms with Crippen molar-refractivity contribution in [3.05, 3.63) is 81.7 Å². The molecule has 5 heteroatoms. The van der Waals surface area contributed by atoms with E-state index < -0.39 is 0 Å². The summed E-state index contributed by atoms with van der Waals surface area (Å²) in [6.07, 6.45) is 1.93. The smallest absolute Gasteiger partial charge is 0.287 e. The van der Waals surface area contributed by atoms with Gasteiger partial charge >= 0.3 is 0 Å². The number of carbonyl (C=O) groups is 1. The molecule has 1 N–H and O–H groups in total. The second-order valence-electron chi connectivity index (χ2n) is 6.88. The molecule has 1 aromatic heterocycles. The van der Waals surface area contributed by atoms with Gasteiger partial charge in [0.25, 0.3) is 5.91 Å². The van der Waals surface area contributed by atoms with E-state index in [-0.39, 0.29) is 17.1 Å². The fraction of sp³-hybridized carbons (Fsp3) is 0.273. The molecular weight excluding hydrogens is 340 g/mol. The van der Waals surface area contributed by atoms with Crippen molar-refractivity contribution in [1.82, 2.24) is 10.2 Å². The minimum atomic E-state index is -0.346. The molecule has 2 heterocycles. The van der Waals surface area contributed by atoms with Crippen molar-refractivity contribution in [2.24, 2.45) is 0 Å². The van der Waals surface area contributed by atoms with E-state index in [0.717, 1.165) is 32.5 Å². The zero-order valence-electron chi connectivity index (χ0n) is 15.1. The lowest BCUT2D eigenvalue weighted by atomic mass is 10.00. The van der Waals surface area contributed by atoms with Crippen LogP contribution in [0.2, 0.25) is 0 Å². The third-order valence-electron chi connectivity index (χ3n) is 5.00. The van der Waals surface area contributed by atoms with E-state index in [1.807, 2.05) is 0 Å². The molecule has 0 aliphatic carbocycles. The van der Waals surface area contributed by atoms with Crippen molar-refractivity contribution in [2.75, 3.05) is 19.6 Å². The fourth-order valence-electron chi connectivity index (χ4n) is 3.55. The molecule has 0 radical (unpaired) electrons. The van der Waals surface area contributed by atoms with Crippen molar-refractivity contribution < 1.29 is 9.21 Å². The maximum Gasteiger partial charge on any atom is 0.287 e. The van der Waals surface area contributed by atoms with Gasteiger partial charge in [0.1, 0.15) is 5.58 Å². The third kappa shape index (κ3) is 3.93. The topological polar surface area (TPSA) is 62.6 Å². The van der Waals surface area contributed by atoms with Gasteiger partial charge in [-0.15, -0.1) is 0 Å². The Morgan fingerprint density at radius 2 is 1.85 bits per heavy atom. The summed E-state index contributed by atoms with van der Waals surface area (Å²) in [5, 5.41) is 3.34. The van der Waals surface area contributed by atoms with Crippen molar-refractivity contribution in [2.45, 2.75) is 19.4 Å². The lowest BCUT2D eigenvalue weighted by molar-refractivity contribution is 0.0924. The van der Waals surface area contributed by atoms with Crippen LogP contribution in [0.5, 0.6) is 0 Å². The summed E-state index contributed by atoms with van der Waals surface area (Å²) in [6.45, 7) is 3.48. The first kappa shape index (κ1) is 17.5. The van der Waals surface area contributed by atoms with Gasteiger partial charge in [-0.1, -0.05) is 36.4 Å². The van der Waals surface area contributed by atoms with E-state index in [0.29, 0.717) is 17.5 Å². The Hall–Kier alpha value is -2.92. The van der Waals surface area contributed by atoms with Gasteiger partial charge < -0.3 is 9.73 Å². The van der Waals surface area contributed by atoms with Crippen LogP contribution in [0.25, 0.3) is 11.0 Å². The fourth-order valence-corrected chi connectivity index (χ4v) is 3.55. The highest BCUT2D eigenvalue weighted by Gasteiger charge is 2.15. The Morgan fingerprint density at radius 3 is 2.74 bits per heavy atom. The van der Waals surface area contributed by atoms with E-state index in [1.54, 1.807) is 24.3 Å². The highest BCUT2D eigenvalue weighted by Crippen LogP contribution is 2.18. The van der Waals surface area contributed by atoms with Crippen molar-refractivity contribution >= 4 is 16.9 Å². The second kappa shape index (κ2) is 7.76. The van der Waals surface area contributed by atoms with Crippen molar-refractivity contribution in [3.63, 3.8) is 0 Å². The predicted molar refractivity (Wildman–Crippen MR) is 105 cm³/mol. The molecule has 0 unspecified atom stereocenters. The Labute approximate surface area is 157 Å². The van der Waals surface area contributed by atoms with Crippen molar-refractivity contribution in [3.8, 4) is 0 Å². The van der Waals surface area contributed by atoms with Gasteiger partial charge in [-0.05, 0) is 36.1 Å². The van der Waals surface area contributed by atoms with Gasteiger partial charge in [-0.3, -0.25) is 14.5 Å². The van der Waals surface area contributed by atoms with Crippen LogP contribution in [0.15, 0.2) is 63.8 Å². The van der Waals surface area contributed by atoms with Gasteiger partial charge in [0, 0.05) is 32.2 Å². The number of hydrogen-bond acceptors (Lipinski definition) is 4. The highest BCUT2D eigenvalue weighted by molar-refractivity contribution is 5.93. The van der Waals surface area contributed by atoms with Gasteiger partial charge in [-0.25, -0.2) is 0 Å². The molecule has 1 amide bonds. The molecule has 4 rings (SSSR count). The first-order chi connectivity index (χ1) is 13.2. The van der Waals surface area contributed by atoms with Gasteiger partial charge in [-0.2, -0.15) is 0 Å². The lowest BCUT2D eigenvalue weighted by Gasteiger charge is -2.28. The first-order valence-electron chi connectivity index (χ1n) is 9.31. The maximum absolute atomic E-state index is 12.3. The molecule has 138 valence electrons. The highest BCUT2D eigenvalue weighted by atomic mass is 16.3. The number of amides is 1. The van der Waals surface area contributed by atoms with Crippen LogP contribution in [0.3, 0.4) is 0 Å². The number of benzene rings is 2. The van der Waals surface area contributed by atoms with E-state index in [1.165, 1.54) is 17.2 Å². The summed E-state index contributed by atoms with van der Waals surface area (Å²) in [4.78, 5) is 26.8. The average Bonchev–Trinajstić information content (AvgIpc) is 2.71. The number of hydrogen-bond donors (Lipinski definition) is 1. The largest absolute Gasteiger partial charge is 0.451 e. The molecular formula is C22H22N2O3. The minimum absolute atomic E-state index is 0.0607. The summed E-state index contributed by atoms with van der Waals surface area (Å²) in [7, 11) is 0. The second-order valence-corrected chi connectivity index (χ2v) is 6.88. The zero-order valence-corrected chi connectivity index (χ0v) is 15.1. The number of carbonyl (C=O) groups excluding carboxylic acids is 1. The summed E-state index contributed by atoms with van der Waals surface area (Å²) < 4.78 is 5.57. The van der Waals surface area contributed by atoms with Crippen LogP contribution in [0.4, 0.5) is 0 Å². The Morgan fingerprint density at radius 1 is 1.07 bits per heavy atom. The lowest BCUT2D eigenvalue weighted by Crippen LogP contribution is -2.33. The Balaban J connectivity index is 1.30. The number of rotatable bonds is 5. The van der Waals surface area contributed by atoms with Gasteiger partial charge in [0.15, 0.2) is 11.2 Å². The summed E-state index contributed by atoms with van der Waals surface area (Å²) >= 11 is 0. The molecule has 1 aliphatic heterocycles. The minimum Gasteiger partial charge on any atom is -0.451 e. The Kier molecular flexibility index (Phi) is 5.03. The number of nitrogens with zero attached hydrogens (tertiary/aromatic N) is 1.